The number of nitrogens with zero attached hydrogens (tertiary/aromatic N) is 1. The number of carbonyl (C=O) groups excluding carboxylic acids is 1. The van der Waals surface area contributed by atoms with Gasteiger partial charge in [0.05, 0.1) is 23.2 Å². The third-order valence-corrected chi connectivity index (χ3v) is 4.07. The number of ether oxygens (including phenoxy) is 1. The van der Waals surface area contributed by atoms with Crippen LogP contribution in [0.25, 0.3) is 0 Å². The molecule has 9 heteroatoms. The molecule has 0 aliphatic heterocycles. The number of carbonyl (C=O) groups is 1. The van der Waals surface area contributed by atoms with Crippen LogP contribution in [0.1, 0.15) is 25.0 Å². The van der Waals surface area contributed by atoms with Crippen molar-refractivity contribution < 1.29 is 24.7 Å². The highest BCUT2D eigenvalue weighted by Crippen LogP contribution is 2.37. The standard InChI is InChI=1S/C13H16ClNO6S/c1-7(16)22-4-3-11(17)13(18)8-5-10(15(19)20)12(21-2)6-9(8)14/h5-6,11,13,17-18H,3-4H2,1-2H3. The molecule has 1 rings (SSSR count). The predicted molar refractivity (Wildman–Crippen MR) is 83.4 cm³/mol. The van der Waals surface area contributed by atoms with Crippen molar-refractivity contribution in [2.75, 3.05) is 12.9 Å². The summed E-state index contributed by atoms with van der Waals surface area (Å²) in [4.78, 5) is 21.1. The van der Waals surface area contributed by atoms with Gasteiger partial charge in [0.1, 0.15) is 6.10 Å². The zero-order valence-corrected chi connectivity index (χ0v) is 13.6. The molecule has 1 aromatic rings. The Bertz CT molecular complexity index is 568. The zero-order valence-electron chi connectivity index (χ0n) is 12.0. The van der Waals surface area contributed by atoms with Crippen molar-refractivity contribution in [1.29, 1.82) is 0 Å². The van der Waals surface area contributed by atoms with Crippen molar-refractivity contribution in [2.24, 2.45) is 0 Å². The summed E-state index contributed by atoms with van der Waals surface area (Å²) in [6.07, 6.45) is -2.45. The fourth-order valence-electron chi connectivity index (χ4n) is 1.78. The lowest BCUT2D eigenvalue weighted by molar-refractivity contribution is -0.385. The monoisotopic (exact) mass is 349 g/mol. The molecule has 2 N–H and O–H groups in total. The van der Waals surface area contributed by atoms with E-state index in [1.807, 2.05) is 0 Å². The molecule has 0 bridgehead atoms. The van der Waals surface area contributed by atoms with Crippen LogP contribution in [0.2, 0.25) is 5.02 Å². The average Bonchev–Trinajstić information content (AvgIpc) is 2.45. The maximum absolute atomic E-state index is 11.0. The summed E-state index contributed by atoms with van der Waals surface area (Å²) in [5.74, 6) is 0.288. The van der Waals surface area contributed by atoms with Crippen LogP contribution in [0.4, 0.5) is 5.69 Å². The number of aliphatic hydroxyl groups is 2. The molecule has 0 spiro atoms. The largest absolute Gasteiger partial charge is 0.490 e. The Morgan fingerprint density at radius 2 is 2.14 bits per heavy atom. The Labute approximate surface area is 136 Å². The Kier molecular flexibility index (Phi) is 7.08. The highest BCUT2D eigenvalue weighted by Gasteiger charge is 2.26. The lowest BCUT2D eigenvalue weighted by Gasteiger charge is -2.19. The van der Waals surface area contributed by atoms with Crippen molar-refractivity contribution >= 4 is 34.2 Å². The maximum atomic E-state index is 11.0. The average molecular weight is 350 g/mol. The number of benzene rings is 1. The molecule has 22 heavy (non-hydrogen) atoms. The summed E-state index contributed by atoms with van der Waals surface area (Å²) in [7, 11) is 1.27. The molecule has 0 radical (unpaired) electrons. The summed E-state index contributed by atoms with van der Waals surface area (Å²) in [5.41, 5.74) is -0.319. The molecular formula is C13H16ClNO6S. The Hall–Kier alpha value is -1.35. The van der Waals surface area contributed by atoms with Gasteiger partial charge in [-0.1, -0.05) is 23.4 Å². The van der Waals surface area contributed by atoms with Crippen molar-refractivity contribution in [3.63, 3.8) is 0 Å². The maximum Gasteiger partial charge on any atom is 0.311 e. The molecule has 0 amide bonds. The van der Waals surface area contributed by atoms with Crippen LogP contribution in [0, 0.1) is 10.1 Å². The molecule has 0 aliphatic carbocycles. The minimum absolute atomic E-state index is 0.0347. The molecule has 0 saturated carbocycles. The summed E-state index contributed by atoms with van der Waals surface area (Å²) >= 11 is 6.99. The van der Waals surface area contributed by atoms with E-state index in [9.17, 15) is 25.1 Å². The van der Waals surface area contributed by atoms with Gasteiger partial charge in [0.25, 0.3) is 0 Å². The number of halogens is 1. The Morgan fingerprint density at radius 3 is 2.64 bits per heavy atom. The quantitative estimate of drug-likeness (QED) is 0.574. The second-order valence-corrected chi connectivity index (χ2v) is 6.12. The van der Waals surface area contributed by atoms with Gasteiger partial charge in [0.15, 0.2) is 10.9 Å². The number of aliphatic hydroxyl groups excluding tert-OH is 2. The first kappa shape index (κ1) is 18.7. The molecule has 0 fully saturated rings. The van der Waals surface area contributed by atoms with Crippen LogP contribution in [0.3, 0.4) is 0 Å². The fourth-order valence-corrected chi connectivity index (χ4v) is 2.69. The topological polar surface area (TPSA) is 110 Å². The SMILES string of the molecule is COc1cc(Cl)c(C(O)C(O)CCSC(C)=O)cc1[N+](=O)[O-]. The van der Waals surface area contributed by atoms with E-state index >= 15 is 0 Å². The predicted octanol–water partition coefficient (Wildman–Crippen LogP) is 2.32. The summed E-state index contributed by atoms with van der Waals surface area (Å²) in [6, 6.07) is 2.29. The van der Waals surface area contributed by atoms with Gasteiger partial charge in [-0.15, -0.1) is 0 Å². The number of nitro groups is 1. The van der Waals surface area contributed by atoms with E-state index in [2.05, 4.69) is 0 Å². The Balaban J connectivity index is 2.97. The molecule has 2 atom stereocenters. The van der Waals surface area contributed by atoms with Crippen LogP contribution >= 0.6 is 23.4 Å². The van der Waals surface area contributed by atoms with Gasteiger partial charge in [0.2, 0.25) is 0 Å². The fraction of sp³-hybridized carbons (Fsp3) is 0.462. The molecule has 0 saturated heterocycles. The number of methoxy groups -OCH3 is 1. The van der Waals surface area contributed by atoms with Crippen molar-refractivity contribution in [1.82, 2.24) is 0 Å². The zero-order chi connectivity index (χ0) is 16.9. The Morgan fingerprint density at radius 1 is 1.50 bits per heavy atom. The summed E-state index contributed by atoms with van der Waals surface area (Å²) < 4.78 is 4.86. The summed E-state index contributed by atoms with van der Waals surface area (Å²) in [6.45, 7) is 1.40. The highest BCUT2D eigenvalue weighted by atomic mass is 35.5. The first-order valence-electron chi connectivity index (χ1n) is 6.29. The minimum atomic E-state index is -1.40. The van der Waals surface area contributed by atoms with Gasteiger partial charge in [-0.25, -0.2) is 0 Å². The normalized spacial score (nSPS) is 13.5. The number of thioether (sulfide) groups is 1. The van der Waals surface area contributed by atoms with E-state index in [1.54, 1.807) is 0 Å². The first-order chi connectivity index (χ1) is 10.3. The van der Waals surface area contributed by atoms with Crippen LogP contribution < -0.4 is 4.74 Å². The van der Waals surface area contributed by atoms with E-state index in [4.69, 9.17) is 16.3 Å². The van der Waals surface area contributed by atoms with Crippen LogP contribution in [0.15, 0.2) is 12.1 Å². The lowest BCUT2D eigenvalue weighted by Crippen LogP contribution is -2.19. The number of hydrogen-bond acceptors (Lipinski definition) is 7. The third-order valence-electron chi connectivity index (χ3n) is 2.90. The molecule has 122 valence electrons. The van der Waals surface area contributed by atoms with Crippen LogP contribution in [-0.4, -0.2) is 39.2 Å². The van der Waals surface area contributed by atoms with E-state index in [1.165, 1.54) is 20.1 Å². The van der Waals surface area contributed by atoms with Crippen molar-refractivity contribution in [2.45, 2.75) is 25.6 Å². The number of hydrogen-bond donors (Lipinski definition) is 2. The molecule has 7 nitrogen and oxygen atoms in total. The second kappa shape index (κ2) is 8.33. The molecule has 0 heterocycles. The van der Waals surface area contributed by atoms with Gasteiger partial charge in [-0.3, -0.25) is 14.9 Å². The smallest absolute Gasteiger partial charge is 0.311 e. The van der Waals surface area contributed by atoms with Gasteiger partial charge in [-0.05, 0) is 6.42 Å². The molecule has 1 aromatic carbocycles. The van der Waals surface area contributed by atoms with E-state index in [0.717, 1.165) is 17.8 Å². The van der Waals surface area contributed by atoms with E-state index in [0.29, 0.717) is 5.75 Å². The molecule has 2 unspecified atom stereocenters. The van der Waals surface area contributed by atoms with Gasteiger partial charge in [0, 0.05) is 30.4 Å². The highest BCUT2D eigenvalue weighted by molar-refractivity contribution is 8.13. The van der Waals surface area contributed by atoms with Gasteiger partial charge >= 0.3 is 5.69 Å². The second-order valence-electron chi connectivity index (χ2n) is 4.44. The summed E-state index contributed by atoms with van der Waals surface area (Å²) in [5, 5.41) is 31.0. The first-order valence-corrected chi connectivity index (χ1v) is 7.65. The number of rotatable bonds is 7. The van der Waals surface area contributed by atoms with Crippen LogP contribution in [-0.2, 0) is 4.79 Å². The van der Waals surface area contributed by atoms with Gasteiger partial charge in [-0.2, -0.15) is 0 Å². The third kappa shape index (κ3) is 4.84. The van der Waals surface area contributed by atoms with Crippen LogP contribution in [0.5, 0.6) is 5.75 Å². The molecule has 0 aromatic heterocycles. The molecular weight excluding hydrogens is 334 g/mol. The lowest BCUT2D eigenvalue weighted by atomic mass is 10.0. The number of nitro benzene ring substituents is 1. The molecule has 0 aliphatic rings. The van der Waals surface area contributed by atoms with Crippen molar-refractivity contribution in [3.05, 3.63) is 32.8 Å². The van der Waals surface area contributed by atoms with Gasteiger partial charge < -0.3 is 14.9 Å². The van der Waals surface area contributed by atoms with E-state index < -0.39 is 17.1 Å². The van der Waals surface area contributed by atoms with E-state index in [-0.39, 0.29) is 33.6 Å². The van der Waals surface area contributed by atoms with Crippen molar-refractivity contribution in [3.8, 4) is 5.75 Å². The minimum Gasteiger partial charge on any atom is -0.490 e.